The van der Waals surface area contributed by atoms with Crippen molar-refractivity contribution < 1.29 is 14.0 Å². The number of halogens is 1. The summed E-state index contributed by atoms with van der Waals surface area (Å²) in [6.45, 7) is 3.27. The third-order valence-electron chi connectivity index (χ3n) is 5.76. The lowest BCUT2D eigenvalue weighted by atomic mass is 9.95. The smallest absolute Gasteiger partial charge is 0.254 e. The van der Waals surface area contributed by atoms with Gasteiger partial charge in [-0.25, -0.2) is 4.39 Å². The van der Waals surface area contributed by atoms with Crippen molar-refractivity contribution in [3.63, 3.8) is 0 Å². The molecule has 0 atom stereocenters. The molecule has 1 fully saturated rings. The van der Waals surface area contributed by atoms with Crippen LogP contribution in [0.4, 0.5) is 10.1 Å². The van der Waals surface area contributed by atoms with Gasteiger partial charge in [-0.05, 0) is 42.8 Å². The average molecular weight is 427 g/mol. The van der Waals surface area contributed by atoms with Crippen LogP contribution < -0.4 is 4.90 Å². The molecule has 0 saturated carbocycles. The van der Waals surface area contributed by atoms with Gasteiger partial charge in [-0.1, -0.05) is 36.4 Å². The molecule has 0 N–H and O–H groups in total. The van der Waals surface area contributed by atoms with Crippen LogP contribution in [0.15, 0.2) is 66.7 Å². The van der Waals surface area contributed by atoms with Crippen LogP contribution in [-0.4, -0.2) is 42.8 Å². The van der Waals surface area contributed by atoms with Crippen molar-refractivity contribution in [2.75, 3.05) is 31.1 Å². The predicted molar refractivity (Wildman–Crippen MR) is 121 cm³/mol. The highest BCUT2D eigenvalue weighted by Crippen LogP contribution is 2.29. The Balaban J connectivity index is 1.53. The van der Waals surface area contributed by atoms with Gasteiger partial charge in [-0.15, -0.1) is 0 Å². The number of carbonyl (C=O) groups is 2. The third kappa shape index (κ3) is 4.10. The predicted octanol–water partition coefficient (Wildman–Crippen LogP) is 4.53. The second kappa shape index (κ2) is 9.03. The summed E-state index contributed by atoms with van der Waals surface area (Å²) in [5, 5.41) is 9.47. The molecule has 0 radical (unpaired) electrons. The van der Waals surface area contributed by atoms with E-state index in [1.807, 2.05) is 35.2 Å². The van der Waals surface area contributed by atoms with Crippen LogP contribution in [-0.2, 0) is 0 Å². The normalized spacial score (nSPS) is 13.5. The molecule has 0 aliphatic carbocycles. The van der Waals surface area contributed by atoms with E-state index in [-0.39, 0.29) is 11.7 Å². The van der Waals surface area contributed by atoms with E-state index in [1.54, 1.807) is 35.2 Å². The third-order valence-corrected chi connectivity index (χ3v) is 5.76. The van der Waals surface area contributed by atoms with E-state index in [0.717, 1.165) is 11.1 Å². The minimum Gasteiger partial charge on any atom is -0.366 e. The number of anilines is 1. The maximum absolute atomic E-state index is 14.5. The lowest BCUT2D eigenvalue weighted by Gasteiger charge is -2.36. The number of piperazine rings is 1. The number of hydrogen-bond donors (Lipinski definition) is 0. The van der Waals surface area contributed by atoms with Gasteiger partial charge in [0.05, 0.1) is 17.3 Å². The molecule has 0 bridgehead atoms. The van der Waals surface area contributed by atoms with Gasteiger partial charge in [0.1, 0.15) is 5.82 Å². The monoisotopic (exact) mass is 427 g/mol. The second-order valence-corrected chi connectivity index (χ2v) is 7.70. The van der Waals surface area contributed by atoms with E-state index in [4.69, 9.17) is 0 Å². The number of hydrogen-bond acceptors (Lipinski definition) is 4. The van der Waals surface area contributed by atoms with E-state index in [9.17, 15) is 19.2 Å². The Morgan fingerprint density at radius 3 is 2.22 bits per heavy atom. The molecule has 6 heteroatoms. The Morgan fingerprint density at radius 1 is 0.906 bits per heavy atom. The number of amides is 1. The zero-order valence-electron chi connectivity index (χ0n) is 17.7. The standard InChI is InChI=1S/C26H22FN3O2/c1-18(31)19-10-11-25(24(27)16-19)29-12-14-30(15-13-29)26(32)23-9-5-4-8-22(23)21-7-3-2-6-20(21)17-28/h2-11,16H,12-15H2,1H3. The molecule has 3 aromatic rings. The fraction of sp³-hybridized carbons (Fsp3) is 0.192. The van der Waals surface area contributed by atoms with Gasteiger partial charge in [-0.3, -0.25) is 9.59 Å². The van der Waals surface area contributed by atoms with Crippen LogP contribution >= 0.6 is 0 Å². The maximum atomic E-state index is 14.5. The molecule has 1 saturated heterocycles. The van der Waals surface area contributed by atoms with Gasteiger partial charge in [0.15, 0.2) is 5.78 Å². The number of ketones is 1. The minimum atomic E-state index is -0.434. The summed E-state index contributed by atoms with van der Waals surface area (Å²) in [5.41, 5.74) is 3.29. The fourth-order valence-corrected chi connectivity index (χ4v) is 4.02. The van der Waals surface area contributed by atoms with Crippen molar-refractivity contribution in [2.45, 2.75) is 6.92 Å². The highest BCUT2D eigenvalue weighted by atomic mass is 19.1. The van der Waals surface area contributed by atoms with Gasteiger partial charge in [-0.2, -0.15) is 5.26 Å². The first-order valence-corrected chi connectivity index (χ1v) is 10.4. The van der Waals surface area contributed by atoms with Crippen molar-refractivity contribution >= 4 is 17.4 Å². The number of benzene rings is 3. The van der Waals surface area contributed by atoms with Crippen LogP contribution in [0.2, 0.25) is 0 Å². The van der Waals surface area contributed by atoms with Gasteiger partial charge < -0.3 is 9.80 Å². The molecule has 1 heterocycles. The van der Waals surface area contributed by atoms with E-state index >= 15 is 0 Å². The SMILES string of the molecule is CC(=O)c1ccc(N2CCN(C(=O)c3ccccc3-c3ccccc3C#N)CC2)c(F)c1. The number of rotatable bonds is 4. The van der Waals surface area contributed by atoms with Gasteiger partial charge in [0.25, 0.3) is 5.91 Å². The fourth-order valence-electron chi connectivity index (χ4n) is 4.02. The molecule has 1 amide bonds. The Kier molecular flexibility index (Phi) is 6.00. The molecule has 0 spiro atoms. The van der Waals surface area contributed by atoms with E-state index < -0.39 is 5.82 Å². The average Bonchev–Trinajstić information content (AvgIpc) is 2.83. The molecule has 5 nitrogen and oxygen atoms in total. The van der Waals surface area contributed by atoms with Crippen LogP contribution in [0.25, 0.3) is 11.1 Å². The molecule has 1 aliphatic rings. The molecule has 0 unspecified atom stereocenters. The summed E-state index contributed by atoms with van der Waals surface area (Å²) in [4.78, 5) is 28.4. The van der Waals surface area contributed by atoms with Crippen molar-refractivity contribution in [1.29, 1.82) is 5.26 Å². The van der Waals surface area contributed by atoms with Crippen molar-refractivity contribution in [3.05, 3.63) is 89.2 Å². The molecule has 32 heavy (non-hydrogen) atoms. The number of nitrogens with zero attached hydrogens (tertiary/aromatic N) is 3. The first kappa shape index (κ1) is 21.3. The maximum Gasteiger partial charge on any atom is 0.254 e. The zero-order valence-corrected chi connectivity index (χ0v) is 17.7. The Bertz CT molecular complexity index is 1220. The van der Waals surface area contributed by atoms with Crippen LogP contribution in [0, 0.1) is 17.1 Å². The highest BCUT2D eigenvalue weighted by molar-refractivity contribution is 6.01. The Labute approximate surface area is 186 Å². The summed E-state index contributed by atoms with van der Waals surface area (Å²) in [7, 11) is 0. The summed E-state index contributed by atoms with van der Waals surface area (Å²) in [6.07, 6.45) is 0. The van der Waals surface area contributed by atoms with Crippen molar-refractivity contribution in [1.82, 2.24) is 4.90 Å². The lowest BCUT2D eigenvalue weighted by Crippen LogP contribution is -2.49. The largest absolute Gasteiger partial charge is 0.366 e. The molecule has 160 valence electrons. The van der Waals surface area contributed by atoms with Gasteiger partial charge in [0, 0.05) is 42.9 Å². The molecule has 1 aliphatic heterocycles. The number of nitriles is 1. The zero-order chi connectivity index (χ0) is 22.7. The number of Topliss-reactive ketones (excluding diaryl/α,β-unsaturated/α-hetero) is 1. The quantitative estimate of drug-likeness (QED) is 0.574. The van der Waals surface area contributed by atoms with Crippen LogP contribution in [0.5, 0.6) is 0 Å². The lowest BCUT2D eigenvalue weighted by molar-refractivity contribution is 0.0747. The van der Waals surface area contributed by atoms with E-state index in [2.05, 4.69) is 6.07 Å². The first-order valence-electron chi connectivity index (χ1n) is 10.4. The van der Waals surface area contributed by atoms with Crippen LogP contribution in [0.3, 0.4) is 0 Å². The van der Waals surface area contributed by atoms with Gasteiger partial charge in [0.2, 0.25) is 0 Å². The van der Waals surface area contributed by atoms with Crippen LogP contribution in [0.1, 0.15) is 33.2 Å². The summed E-state index contributed by atoms with van der Waals surface area (Å²) in [6, 6.07) is 21.2. The van der Waals surface area contributed by atoms with Gasteiger partial charge >= 0.3 is 0 Å². The minimum absolute atomic E-state index is 0.111. The van der Waals surface area contributed by atoms with Crippen molar-refractivity contribution in [2.24, 2.45) is 0 Å². The summed E-state index contributed by atoms with van der Waals surface area (Å²) in [5.74, 6) is -0.723. The molecule has 4 rings (SSSR count). The molecular formula is C26H22FN3O2. The Morgan fingerprint density at radius 2 is 1.56 bits per heavy atom. The van der Waals surface area contributed by atoms with E-state index in [1.165, 1.54) is 13.0 Å². The van der Waals surface area contributed by atoms with E-state index in [0.29, 0.717) is 48.6 Å². The summed E-state index contributed by atoms with van der Waals surface area (Å²) < 4.78 is 14.5. The first-order chi connectivity index (χ1) is 15.5. The van der Waals surface area contributed by atoms with Crippen molar-refractivity contribution in [3.8, 4) is 17.2 Å². The molecule has 0 aromatic heterocycles. The number of carbonyl (C=O) groups excluding carboxylic acids is 2. The second-order valence-electron chi connectivity index (χ2n) is 7.70. The Hall–Kier alpha value is -3.98. The molecular weight excluding hydrogens is 405 g/mol. The topological polar surface area (TPSA) is 64.4 Å². The molecule has 3 aromatic carbocycles. The summed E-state index contributed by atoms with van der Waals surface area (Å²) >= 11 is 0. The highest BCUT2D eigenvalue weighted by Gasteiger charge is 2.26.